The van der Waals surface area contributed by atoms with Crippen molar-refractivity contribution in [1.82, 2.24) is 0 Å². The Balaban J connectivity index is 1.98. The lowest BCUT2D eigenvalue weighted by Gasteiger charge is -2.25. The second-order valence-corrected chi connectivity index (χ2v) is 7.07. The van der Waals surface area contributed by atoms with Gasteiger partial charge in [-0.25, -0.2) is 0 Å². The van der Waals surface area contributed by atoms with Gasteiger partial charge in [0.25, 0.3) is 0 Å². The fourth-order valence-corrected chi connectivity index (χ4v) is 4.65. The van der Waals surface area contributed by atoms with E-state index in [9.17, 15) is 10.2 Å². The Morgan fingerprint density at radius 1 is 0.920 bits per heavy atom. The van der Waals surface area contributed by atoms with E-state index in [1.165, 1.54) is 29.5 Å². The molecule has 0 heterocycles. The monoisotopic (exact) mass is 342 g/mol. The average Bonchev–Trinajstić information content (AvgIpc) is 3.26. The molecule has 2 unspecified atom stereocenters. The van der Waals surface area contributed by atoms with Crippen molar-refractivity contribution in [3.63, 3.8) is 0 Å². The smallest absolute Gasteiger partial charge is 0.131 e. The van der Waals surface area contributed by atoms with E-state index in [2.05, 4.69) is 25.1 Å². The quantitative estimate of drug-likeness (QED) is 0.808. The van der Waals surface area contributed by atoms with Gasteiger partial charge in [-0.1, -0.05) is 19.1 Å². The van der Waals surface area contributed by atoms with Crippen LogP contribution in [0.25, 0.3) is 10.8 Å². The summed E-state index contributed by atoms with van der Waals surface area (Å²) in [6.45, 7) is 2.80. The van der Waals surface area contributed by atoms with Gasteiger partial charge in [0.2, 0.25) is 0 Å². The number of aliphatic hydroxyl groups is 2. The molecule has 0 aliphatic heterocycles. The minimum absolute atomic E-state index is 0.0141. The van der Waals surface area contributed by atoms with Gasteiger partial charge in [0.15, 0.2) is 0 Å². The van der Waals surface area contributed by atoms with Crippen molar-refractivity contribution in [3.8, 4) is 11.5 Å². The zero-order valence-electron chi connectivity index (χ0n) is 14.8. The average molecular weight is 342 g/mol. The fourth-order valence-electron chi connectivity index (χ4n) is 4.65. The molecule has 1 fully saturated rings. The maximum atomic E-state index is 9.27. The number of aryl methyl sites for hydroxylation is 1. The number of ether oxygens (including phenoxy) is 2. The SMILES string of the molecule is CCc1ccc2c(OCCO)c3c(c(OCCO)c2c1)C1CCC3C1. The molecule has 4 rings (SSSR count). The largest absolute Gasteiger partial charge is 0.490 e. The second kappa shape index (κ2) is 6.85. The van der Waals surface area contributed by atoms with E-state index in [4.69, 9.17) is 9.47 Å². The standard InChI is InChI=1S/C21H26O4/c1-2-13-3-6-16-17(11-13)21(25-10-8-23)19-15-5-4-14(12-15)18(19)20(16)24-9-7-22/h3,6,11,14-15,22-23H,2,4-5,7-10,12H2,1H3. The number of aliphatic hydroxyl groups excluding tert-OH is 2. The first kappa shape index (κ1) is 16.7. The Bertz CT molecular complexity index is 783. The van der Waals surface area contributed by atoms with Crippen LogP contribution < -0.4 is 9.47 Å². The van der Waals surface area contributed by atoms with Gasteiger partial charge in [-0.05, 0) is 49.1 Å². The van der Waals surface area contributed by atoms with Crippen molar-refractivity contribution in [2.24, 2.45) is 0 Å². The molecule has 25 heavy (non-hydrogen) atoms. The molecule has 0 spiro atoms. The molecule has 4 nitrogen and oxygen atoms in total. The van der Waals surface area contributed by atoms with Gasteiger partial charge >= 0.3 is 0 Å². The predicted molar refractivity (Wildman–Crippen MR) is 97.8 cm³/mol. The molecule has 2 aromatic carbocycles. The minimum Gasteiger partial charge on any atom is -0.490 e. The lowest BCUT2D eigenvalue weighted by molar-refractivity contribution is 0.198. The lowest BCUT2D eigenvalue weighted by Crippen LogP contribution is -2.11. The van der Waals surface area contributed by atoms with E-state index in [0.29, 0.717) is 25.0 Å². The Kier molecular flexibility index (Phi) is 4.57. The van der Waals surface area contributed by atoms with Crippen molar-refractivity contribution in [3.05, 3.63) is 34.9 Å². The van der Waals surface area contributed by atoms with Crippen molar-refractivity contribution in [2.45, 2.75) is 44.4 Å². The van der Waals surface area contributed by atoms with Gasteiger partial charge < -0.3 is 19.7 Å². The molecule has 0 aromatic heterocycles. The highest BCUT2D eigenvalue weighted by Gasteiger charge is 2.42. The number of benzene rings is 2. The van der Waals surface area contributed by atoms with E-state index in [0.717, 1.165) is 35.1 Å². The van der Waals surface area contributed by atoms with Crippen molar-refractivity contribution in [1.29, 1.82) is 0 Å². The van der Waals surface area contributed by atoms with E-state index < -0.39 is 0 Å². The third-order valence-corrected chi connectivity index (χ3v) is 5.69. The molecular formula is C21H26O4. The Hall–Kier alpha value is -1.78. The fraction of sp³-hybridized carbons (Fsp3) is 0.524. The highest BCUT2D eigenvalue weighted by Crippen LogP contribution is 2.61. The zero-order chi connectivity index (χ0) is 17.4. The zero-order valence-corrected chi connectivity index (χ0v) is 14.8. The first-order chi connectivity index (χ1) is 12.3. The van der Waals surface area contributed by atoms with Crippen LogP contribution in [0.2, 0.25) is 0 Å². The van der Waals surface area contributed by atoms with Crippen molar-refractivity contribution < 1.29 is 19.7 Å². The number of rotatable bonds is 7. The van der Waals surface area contributed by atoms with Crippen LogP contribution in [0, 0.1) is 0 Å². The summed E-state index contributed by atoms with van der Waals surface area (Å²) in [6.07, 6.45) is 4.53. The summed E-state index contributed by atoms with van der Waals surface area (Å²) in [6, 6.07) is 6.46. The predicted octanol–water partition coefficient (Wildman–Crippen LogP) is 3.51. The summed E-state index contributed by atoms with van der Waals surface area (Å²) >= 11 is 0. The van der Waals surface area contributed by atoms with Crippen LogP contribution in [-0.4, -0.2) is 36.6 Å². The summed E-state index contributed by atoms with van der Waals surface area (Å²) < 4.78 is 12.1. The lowest BCUT2D eigenvalue weighted by atomic mass is 9.86. The molecule has 2 N–H and O–H groups in total. The summed E-state index contributed by atoms with van der Waals surface area (Å²) in [4.78, 5) is 0. The summed E-state index contributed by atoms with van der Waals surface area (Å²) in [5, 5.41) is 20.7. The molecule has 2 bridgehead atoms. The van der Waals surface area contributed by atoms with Gasteiger partial charge in [0.05, 0.1) is 13.2 Å². The number of hydrogen-bond donors (Lipinski definition) is 2. The maximum absolute atomic E-state index is 9.27. The Morgan fingerprint density at radius 3 is 2.08 bits per heavy atom. The van der Waals surface area contributed by atoms with Crippen LogP contribution >= 0.6 is 0 Å². The van der Waals surface area contributed by atoms with E-state index in [1.54, 1.807) is 0 Å². The molecule has 0 saturated heterocycles. The summed E-state index contributed by atoms with van der Waals surface area (Å²) in [7, 11) is 0. The molecule has 2 aromatic rings. The van der Waals surface area contributed by atoms with Gasteiger partial charge in [-0.15, -0.1) is 0 Å². The first-order valence-corrected chi connectivity index (χ1v) is 9.38. The summed E-state index contributed by atoms with van der Waals surface area (Å²) in [5.41, 5.74) is 3.84. The van der Waals surface area contributed by atoms with Crippen LogP contribution in [0.1, 0.15) is 54.7 Å². The number of hydrogen-bond acceptors (Lipinski definition) is 4. The van der Waals surface area contributed by atoms with Gasteiger partial charge in [-0.3, -0.25) is 0 Å². The molecule has 134 valence electrons. The van der Waals surface area contributed by atoms with E-state index in [1.807, 2.05) is 0 Å². The summed E-state index contributed by atoms with van der Waals surface area (Å²) in [5.74, 6) is 2.93. The van der Waals surface area contributed by atoms with Gasteiger partial charge in [-0.2, -0.15) is 0 Å². The first-order valence-electron chi connectivity index (χ1n) is 9.38. The third-order valence-electron chi connectivity index (χ3n) is 5.69. The molecule has 0 amide bonds. The third kappa shape index (κ3) is 2.68. The minimum atomic E-state index is 0.0141. The molecule has 4 heteroatoms. The van der Waals surface area contributed by atoms with E-state index >= 15 is 0 Å². The molecule has 2 aliphatic rings. The topological polar surface area (TPSA) is 58.9 Å². The Labute approximate surface area is 148 Å². The second-order valence-electron chi connectivity index (χ2n) is 7.07. The highest BCUT2D eigenvalue weighted by atomic mass is 16.5. The molecule has 2 atom stereocenters. The van der Waals surface area contributed by atoms with Crippen LogP contribution in [0.4, 0.5) is 0 Å². The van der Waals surface area contributed by atoms with Crippen LogP contribution in [-0.2, 0) is 6.42 Å². The van der Waals surface area contributed by atoms with Gasteiger partial charge in [0.1, 0.15) is 24.7 Å². The van der Waals surface area contributed by atoms with Crippen LogP contribution in [0.3, 0.4) is 0 Å². The molecule has 0 radical (unpaired) electrons. The van der Waals surface area contributed by atoms with Crippen LogP contribution in [0.15, 0.2) is 18.2 Å². The molecular weight excluding hydrogens is 316 g/mol. The van der Waals surface area contributed by atoms with Gasteiger partial charge in [0, 0.05) is 21.9 Å². The highest BCUT2D eigenvalue weighted by molar-refractivity contribution is 5.97. The van der Waals surface area contributed by atoms with E-state index in [-0.39, 0.29) is 13.2 Å². The normalized spacial score (nSPS) is 20.9. The molecule has 1 saturated carbocycles. The van der Waals surface area contributed by atoms with Crippen molar-refractivity contribution >= 4 is 10.8 Å². The maximum Gasteiger partial charge on any atom is 0.131 e. The number of fused-ring (bicyclic) bond motifs is 6. The van der Waals surface area contributed by atoms with Crippen LogP contribution in [0.5, 0.6) is 11.5 Å². The Morgan fingerprint density at radius 2 is 1.52 bits per heavy atom. The van der Waals surface area contributed by atoms with Crippen molar-refractivity contribution in [2.75, 3.05) is 26.4 Å². The molecule has 2 aliphatic carbocycles.